The van der Waals surface area contributed by atoms with E-state index >= 15 is 0 Å². The van der Waals surface area contributed by atoms with Crippen LogP contribution in [0.5, 0.6) is 0 Å². The highest BCUT2D eigenvalue weighted by atomic mass is 16.2. The smallest absolute Gasteiger partial charge is 0.145 e. The third-order valence-corrected chi connectivity index (χ3v) is 9.33. The minimum atomic E-state index is -0.137. The van der Waals surface area contributed by atoms with Gasteiger partial charge in [0.2, 0.25) is 0 Å². The molecule has 12 atom stereocenters. The van der Waals surface area contributed by atoms with E-state index in [9.17, 15) is 9.59 Å². The van der Waals surface area contributed by atoms with Crippen molar-refractivity contribution in [3.63, 3.8) is 0 Å². The molecule has 0 aliphatic heterocycles. The summed E-state index contributed by atoms with van der Waals surface area (Å²) in [5, 5.41) is 0. The highest BCUT2D eigenvalue weighted by Crippen LogP contribution is 3.02. The second kappa shape index (κ2) is 1.52. The van der Waals surface area contributed by atoms with Gasteiger partial charge in [-0.15, -0.1) is 0 Å². The van der Waals surface area contributed by atoms with Gasteiger partial charge in [-0.2, -0.15) is 0 Å². The van der Waals surface area contributed by atoms with Crippen LogP contribution in [0.2, 0.25) is 0 Å². The highest BCUT2D eigenvalue weighted by molar-refractivity contribution is 6.14. The molecule has 0 saturated heterocycles. The molecular weight excluding hydrogens is 224 g/mol. The van der Waals surface area contributed by atoms with Crippen LogP contribution in [0, 0.1) is 70.0 Å². The molecule has 8 saturated carbocycles. The first kappa shape index (κ1) is 7.62. The average molecular weight is 236 g/mol. The second-order valence-corrected chi connectivity index (χ2v) is 8.32. The molecule has 9 aliphatic carbocycles. The van der Waals surface area contributed by atoms with E-state index in [4.69, 9.17) is 0 Å². The molecule has 2 nitrogen and oxygen atoms in total. The van der Waals surface area contributed by atoms with E-state index in [-0.39, 0.29) is 22.7 Å². The monoisotopic (exact) mass is 236 g/mol. The Morgan fingerprint density at radius 1 is 0.722 bits per heavy atom. The average Bonchev–Trinajstić information content (AvgIpc) is 3.06. The van der Waals surface area contributed by atoms with Crippen molar-refractivity contribution in [3.05, 3.63) is 12.2 Å². The Kier molecular flexibility index (Phi) is 0.642. The number of rotatable bonds is 0. The first-order valence-electron chi connectivity index (χ1n) is 7.56. The van der Waals surface area contributed by atoms with Gasteiger partial charge < -0.3 is 0 Å². The predicted molar refractivity (Wildman–Crippen MR) is 58.9 cm³/mol. The molecule has 9 rings (SSSR count). The summed E-state index contributed by atoms with van der Waals surface area (Å²) in [4.78, 5) is 26.1. The third kappa shape index (κ3) is 0.293. The van der Waals surface area contributed by atoms with E-state index in [1.54, 1.807) is 0 Å². The molecule has 8 bridgehead atoms. The van der Waals surface area contributed by atoms with Crippen LogP contribution in [-0.2, 0) is 9.59 Å². The second-order valence-electron chi connectivity index (χ2n) is 8.32. The molecule has 2 unspecified atom stereocenters. The molecule has 88 valence electrons. The Balaban J connectivity index is 1.72. The Labute approximate surface area is 104 Å². The van der Waals surface area contributed by atoms with Crippen LogP contribution in [-0.4, -0.2) is 11.6 Å². The number of carbonyl (C=O) groups excluding carboxylic acids is 2. The van der Waals surface area contributed by atoms with E-state index in [1.165, 1.54) is 0 Å². The highest BCUT2D eigenvalue weighted by Gasteiger charge is 3.06. The maximum absolute atomic E-state index is 13.1. The molecule has 0 heterocycles. The zero-order chi connectivity index (χ0) is 11.3. The lowest BCUT2D eigenvalue weighted by Crippen LogP contribution is -2.57. The SMILES string of the molecule is O=C1[C@@H]2[C@@H]3C(=O)[C@@]45[C@@H]6C=C[C@@H]7C6C6[C@H]([C@@H]2[C@H]3[C@@H]64)[C@@]175. The molecule has 8 fully saturated rings. The van der Waals surface area contributed by atoms with Crippen molar-refractivity contribution in [2.24, 2.45) is 70.0 Å². The number of hydrogen-bond acceptors (Lipinski definition) is 2. The van der Waals surface area contributed by atoms with Crippen LogP contribution < -0.4 is 0 Å². The van der Waals surface area contributed by atoms with E-state index < -0.39 is 0 Å². The van der Waals surface area contributed by atoms with Crippen LogP contribution in [0.3, 0.4) is 0 Å². The molecule has 0 amide bonds. The lowest BCUT2D eigenvalue weighted by molar-refractivity contribution is -0.157. The minimum absolute atomic E-state index is 0.137. The molecule has 0 radical (unpaired) electrons. The first-order chi connectivity index (χ1) is 8.79. The van der Waals surface area contributed by atoms with Crippen molar-refractivity contribution < 1.29 is 9.59 Å². The van der Waals surface area contributed by atoms with Crippen LogP contribution in [0.1, 0.15) is 0 Å². The number of hydrogen-bond donors (Lipinski definition) is 0. The zero-order valence-corrected chi connectivity index (χ0v) is 9.74. The summed E-state index contributed by atoms with van der Waals surface area (Å²) < 4.78 is 0. The van der Waals surface area contributed by atoms with Crippen LogP contribution in [0.4, 0.5) is 0 Å². The van der Waals surface area contributed by atoms with Gasteiger partial charge in [-0.1, -0.05) is 12.2 Å². The molecule has 2 spiro atoms. The van der Waals surface area contributed by atoms with E-state index in [0.717, 1.165) is 5.92 Å². The summed E-state index contributed by atoms with van der Waals surface area (Å²) >= 11 is 0. The molecule has 0 aromatic rings. The fourth-order valence-corrected chi connectivity index (χ4v) is 10.1. The maximum Gasteiger partial charge on any atom is 0.145 e. The van der Waals surface area contributed by atoms with Gasteiger partial charge in [0.05, 0.1) is 10.8 Å². The van der Waals surface area contributed by atoms with Crippen LogP contribution in [0.25, 0.3) is 0 Å². The van der Waals surface area contributed by atoms with Crippen molar-refractivity contribution in [1.82, 2.24) is 0 Å². The van der Waals surface area contributed by atoms with Crippen molar-refractivity contribution in [3.8, 4) is 0 Å². The number of carbonyl (C=O) groups is 2. The summed E-state index contributed by atoms with van der Waals surface area (Å²) in [6, 6.07) is 0. The van der Waals surface area contributed by atoms with Crippen LogP contribution >= 0.6 is 0 Å². The van der Waals surface area contributed by atoms with Gasteiger partial charge in [0.15, 0.2) is 0 Å². The van der Waals surface area contributed by atoms with Gasteiger partial charge in [-0.25, -0.2) is 0 Å². The summed E-state index contributed by atoms with van der Waals surface area (Å²) in [5.41, 5.74) is -0.273. The summed E-state index contributed by atoms with van der Waals surface area (Å²) in [6.45, 7) is 0. The molecule has 2 heteroatoms. The van der Waals surface area contributed by atoms with Crippen LogP contribution in [0.15, 0.2) is 12.2 Å². The van der Waals surface area contributed by atoms with Crippen molar-refractivity contribution in [1.29, 1.82) is 0 Å². The molecule has 0 aromatic heterocycles. The maximum atomic E-state index is 13.1. The Hall–Kier alpha value is -0.920. The molecule has 0 aromatic carbocycles. The summed E-state index contributed by atoms with van der Waals surface area (Å²) in [7, 11) is 0. The van der Waals surface area contributed by atoms with Crippen molar-refractivity contribution >= 4 is 11.6 Å². The lowest BCUT2D eigenvalue weighted by atomic mass is 9.52. The van der Waals surface area contributed by atoms with Crippen molar-refractivity contribution in [2.45, 2.75) is 0 Å². The molecule has 18 heavy (non-hydrogen) atoms. The Bertz CT molecular complexity index is 635. The molecular formula is C16H12O2. The number of Topliss-reactive ketones (excluding diaryl/α,β-unsaturated/α-hetero) is 2. The number of fused-ring (bicyclic) bond motifs is 1. The van der Waals surface area contributed by atoms with Gasteiger partial charge in [-0.05, 0) is 47.3 Å². The first-order valence-corrected chi connectivity index (χ1v) is 7.56. The molecule has 0 N–H and O–H groups in total. The normalized spacial score (nSPS) is 87.3. The fraction of sp³-hybridized carbons (Fsp3) is 0.750. The fourth-order valence-electron chi connectivity index (χ4n) is 10.1. The van der Waals surface area contributed by atoms with E-state index in [1.807, 2.05) is 0 Å². The van der Waals surface area contributed by atoms with E-state index in [2.05, 4.69) is 12.2 Å². The minimum Gasteiger partial charge on any atom is -0.299 e. The number of allylic oxidation sites excluding steroid dienone is 2. The molecule has 9 aliphatic rings. The third-order valence-electron chi connectivity index (χ3n) is 9.33. The summed E-state index contributed by atoms with van der Waals surface area (Å²) in [5.74, 6) is 6.63. The predicted octanol–water partition coefficient (Wildman–Crippen LogP) is 0.924. The van der Waals surface area contributed by atoms with Gasteiger partial charge in [0, 0.05) is 11.8 Å². The summed E-state index contributed by atoms with van der Waals surface area (Å²) in [6.07, 6.45) is 4.68. The Morgan fingerprint density at radius 3 is 1.72 bits per heavy atom. The number of ketones is 2. The van der Waals surface area contributed by atoms with E-state index in [0.29, 0.717) is 53.0 Å². The topological polar surface area (TPSA) is 34.1 Å². The lowest BCUT2D eigenvalue weighted by Gasteiger charge is -2.47. The van der Waals surface area contributed by atoms with Gasteiger partial charge >= 0.3 is 0 Å². The van der Waals surface area contributed by atoms with Gasteiger partial charge in [0.25, 0.3) is 0 Å². The largest absolute Gasteiger partial charge is 0.299 e. The van der Waals surface area contributed by atoms with Gasteiger partial charge in [-0.3, -0.25) is 9.59 Å². The standard InChI is InChI=1S/C16H12O2/c17-13-8-6-7-9(8)14(18)16-4-2-1-3-5(4)10(12(7)16)11(6)15(3,13)16/h1-12H/t3-,4-,5?,6-,7-,8-,9+,10?,11+,12+,15-,16-/m1/s1. The Morgan fingerprint density at radius 2 is 1.22 bits per heavy atom. The van der Waals surface area contributed by atoms with Gasteiger partial charge in [0.1, 0.15) is 11.6 Å². The quantitative estimate of drug-likeness (QED) is 0.586. The zero-order valence-electron chi connectivity index (χ0n) is 9.74. The van der Waals surface area contributed by atoms with Crippen molar-refractivity contribution in [2.75, 3.05) is 0 Å².